The summed E-state index contributed by atoms with van der Waals surface area (Å²) in [6, 6.07) is 14.4. The standard InChI is InChI=1S/C20H20ClN3O3/c1-23(16-7-9-17(27-2)10-8-16)20(26)13-24-19(25)12-11-18(22-24)14-3-5-15(21)6-4-14/h3-10H,11-13H2,1-2H3. The molecule has 0 spiro atoms. The summed E-state index contributed by atoms with van der Waals surface area (Å²) >= 11 is 5.92. The van der Waals surface area contributed by atoms with Gasteiger partial charge in [-0.2, -0.15) is 5.10 Å². The van der Waals surface area contributed by atoms with Crippen molar-refractivity contribution < 1.29 is 14.3 Å². The van der Waals surface area contributed by atoms with Crippen molar-refractivity contribution >= 4 is 34.8 Å². The van der Waals surface area contributed by atoms with Gasteiger partial charge in [0.2, 0.25) is 11.8 Å². The van der Waals surface area contributed by atoms with Crippen LogP contribution in [0.1, 0.15) is 18.4 Å². The summed E-state index contributed by atoms with van der Waals surface area (Å²) in [6.45, 7) is -0.113. The molecule has 6 nitrogen and oxygen atoms in total. The Hall–Kier alpha value is -2.86. The number of nitrogens with zero attached hydrogens (tertiary/aromatic N) is 3. The van der Waals surface area contributed by atoms with Gasteiger partial charge in [-0.3, -0.25) is 9.59 Å². The van der Waals surface area contributed by atoms with Crippen molar-refractivity contribution in [3.63, 3.8) is 0 Å². The van der Waals surface area contributed by atoms with Crippen LogP contribution in [0.15, 0.2) is 53.6 Å². The molecule has 2 aromatic rings. The lowest BCUT2D eigenvalue weighted by Crippen LogP contribution is -2.41. The minimum Gasteiger partial charge on any atom is -0.497 e. The van der Waals surface area contributed by atoms with Crippen LogP contribution in [0.25, 0.3) is 0 Å². The van der Waals surface area contributed by atoms with Crippen LogP contribution in [0, 0.1) is 0 Å². The normalized spacial score (nSPS) is 14.0. The maximum atomic E-state index is 12.6. The second-order valence-electron chi connectivity index (χ2n) is 6.16. The van der Waals surface area contributed by atoms with Crippen molar-refractivity contribution in [2.45, 2.75) is 12.8 Å². The number of amides is 2. The predicted octanol–water partition coefficient (Wildman–Crippen LogP) is 3.34. The van der Waals surface area contributed by atoms with E-state index in [9.17, 15) is 9.59 Å². The lowest BCUT2D eigenvalue weighted by molar-refractivity contribution is -0.135. The number of ether oxygens (including phenoxy) is 1. The Balaban J connectivity index is 1.73. The molecular formula is C20H20ClN3O3. The van der Waals surface area contributed by atoms with Gasteiger partial charge in [0.05, 0.1) is 12.8 Å². The molecule has 140 valence electrons. The van der Waals surface area contributed by atoms with Crippen LogP contribution in [0.3, 0.4) is 0 Å². The smallest absolute Gasteiger partial charge is 0.248 e. The third-order valence-electron chi connectivity index (χ3n) is 4.40. The van der Waals surface area contributed by atoms with Gasteiger partial charge in [-0.05, 0) is 42.0 Å². The molecule has 0 atom stereocenters. The van der Waals surface area contributed by atoms with Crippen LogP contribution in [-0.2, 0) is 9.59 Å². The van der Waals surface area contributed by atoms with Crippen LogP contribution in [-0.4, -0.2) is 43.2 Å². The van der Waals surface area contributed by atoms with Gasteiger partial charge in [0.1, 0.15) is 12.3 Å². The van der Waals surface area contributed by atoms with E-state index in [0.29, 0.717) is 29.3 Å². The highest BCUT2D eigenvalue weighted by atomic mass is 35.5. The fourth-order valence-electron chi connectivity index (χ4n) is 2.76. The number of carbonyl (C=O) groups is 2. The molecule has 0 unspecified atom stereocenters. The number of hydrogen-bond donors (Lipinski definition) is 0. The molecule has 7 heteroatoms. The molecule has 0 aliphatic carbocycles. The second kappa shape index (κ2) is 8.22. The van der Waals surface area contributed by atoms with Crippen molar-refractivity contribution in [2.75, 3.05) is 25.6 Å². The zero-order chi connectivity index (χ0) is 19.4. The molecule has 0 aromatic heterocycles. The van der Waals surface area contributed by atoms with Gasteiger partial charge in [0.25, 0.3) is 0 Å². The second-order valence-corrected chi connectivity index (χ2v) is 6.59. The van der Waals surface area contributed by atoms with Gasteiger partial charge >= 0.3 is 0 Å². The lowest BCUT2D eigenvalue weighted by atomic mass is 10.0. The lowest BCUT2D eigenvalue weighted by Gasteiger charge is -2.25. The molecule has 0 saturated carbocycles. The van der Waals surface area contributed by atoms with Gasteiger partial charge < -0.3 is 9.64 Å². The Morgan fingerprint density at radius 1 is 1.15 bits per heavy atom. The number of carbonyl (C=O) groups excluding carboxylic acids is 2. The summed E-state index contributed by atoms with van der Waals surface area (Å²) in [5.41, 5.74) is 2.38. The largest absolute Gasteiger partial charge is 0.497 e. The molecule has 27 heavy (non-hydrogen) atoms. The predicted molar refractivity (Wildman–Crippen MR) is 105 cm³/mol. The average Bonchev–Trinajstić information content (AvgIpc) is 2.69. The summed E-state index contributed by atoms with van der Waals surface area (Å²) in [5.74, 6) is 0.321. The molecule has 1 aliphatic heterocycles. The zero-order valence-corrected chi connectivity index (χ0v) is 15.9. The number of halogens is 1. The number of hydrogen-bond acceptors (Lipinski definition) is 4. The molecule has 0 bridgehead atoms. The Morgan fingerprint density at radius 3 is 2.44 bits per heavy atom. The molecule has 0 radical (unpaired) electrons. The molecule has 2 aromatic carbocycles. The van der Waals surface area contributed by atoms with E-state index in [-0.39, 0.29) is 18.4 Å². The van der Waals surface area contributed by atoms with Crippen molar-refractivity contribution in [2.24, 2.45) is 5.10 Å². The van der Waals surface area contributed by atoms with Gasteiger partial charge in [0, 0.05) is 30.6 Å². The topological polar surface area (TPSA) is 62.2 Å². The van der Waals surface area contributed by atoms with E-state index in [4.69, 9.17) is 16.3 Å². The van der Waals surface area contributed by atoms with Crippen molar-refractivity contribution in [1.29, 1.82) is 0 Å². The number of anilines is 1. The van der Waals surface area contributed by atoms with E-state index in [1.165, 1.54) is 9.91 Å². The highest BCUT2D eigenvalue weighted by molar-refractivity contribution is 6.30. The van der Waals surface area contributed by atoms with E-state index < -0.39 is 0 Å². The molecule has 0 N–H and O–H groups in total. The van der Waals surface area contributed by atoms with Gasteiger partial charge in [-0.25, -0.2) is 5.01 Å². The van der Waals surface area contributed by atoms with E-state index in [1.54, 1.807) is 50.6 Å². The van der Waals surface area contributed by atoms with Gasteiger partial charge in [-0.15, -0.1) is 0 Å². The quantitative estimate of drug-likeness (QED) is 0.793. The number of hydrazone groups is 1. The number of methoxy groups -OCH3 is 1. The fraction of sp³-hybridized carbons (Fsp3) is 0.250. The van der Waals surface area contributed by atoms with Crippen LogP contribution in [0.2, 0.25) is 5.02 Å². The van der Waals surface area contributed by atoms with E-state index in [2.05, 4.69) is 5.10 Å². The summed E-state index contributed by atoms with van der Waals surface area (Å²) in [4.78, 5) is 26.3. The first-order chi connectivity index (χ1) is 13.0. The van der Waals surface area contributed by atoms with Crippen molar-refractivity contribution in [3.05, 3.63) is 59.1 Å². The highest BCUT2D eigenvalue weighted by Gasteiger charge is 2.25. The van der Waals surface area contributed by atoms with Crippen molar-refractivity contribution in [3.8, 4) is 5.75 Å². The Morgan fingerprint density at radius 2 is 1.81 bits per heavy atom. The monoisotopic (exact) mass is 385 g/mol. The zero-order valence-electron chi connectivity index (χ0n) is 15.2. The first-order valence-corrected chi connectivity index (χ1v) is 8.90. The minimum atomic E-state index is -0.227. The molecule has 3 rings (SSSR count). The maximum Gasteiger partial charge on any atom is 0.248 e. The van der Waals surface area contributed by atoms with E-state index >= 15 is 0 Å². The van der Waals surface area contributed by atoms with Crippen molar-refractivity contribution in [1.82, 2.24) is 5.01 Å². The third kappa shape index (κ3) is 4.46. The summed E-state index contributed by atoms with van der Waals surface area (Å²) in [7, 11) is 3.25. The first-order valence-electron chi connectivity index (χ1n) is 8.52. The molecule has 1 aliphatic rings. The molecule has 2 amide bonds. The molecule has 0 fully saturated rings. The number of likely N-dealkylation sites (N-methyl/N-ethyl adjacent to an activating group) is 1. The van der Waals surface area contributed by atoms with Crippen LogP contribution >= 0.6 is 11.6 Å². The fourth-order valence-corrected chi connectivity index (χ4v) is 2.88. The van der Waals surface area contributed by atoms with E-state index in [1.807, 2.05) is 12.1 Å². The minimum absolute atomic E-state index is 0.113. The summed E-state index contributed by atoms with van der Waals surface area (Å²) in [6.07, 6.45) is 0.862. The SMILES string of the molecule is COc1ccc(N(C)C(=O)CN2N=C(c3ccc(Cl)cc3)CCC2=O)cc1. The highest BCUT2D eigenvalue weighted by Crippen LogP contribution is 2.20. The van der Waals surface area contributed by atoms with Gasteiger partial charge in [0.15, 0.2) is 0 Å². The van der Waals surface area contributed by atoms with Crippen LogP contribution < -0.4 is 9.64 Å². The molecule has 1 heterocycles. The summed E-state index contributed by atoms with van der Waals surface area (Å²) in [5, 5.41) is 6.28. The Labute approximate surface area is 163 Å². The average molecular weight is 386 g/mol. The molecular weight excluding hydrogens is 366 g/mol. The third-order valence-corrected chi connectivity index (χ3v) is 4.65. The first kappa shape index (κ1) is 18.9. The van der Waals surface area contributed by atoms with Gasteiger partial charge in [-0.1, -0.05) is 23.7 Å². The number of benzene rings is 2. The maximum absolute atomic E-state index is 12.6. The Kier molecular flexibility index (Phi) is 5.76. The Bertz CT molecular complexity index is 863. The van der Waals surface area contributed by atoms with Crippen LogP contribution in [0.5, 0.6) is 5.75 Å². The molecule has 0 saturated heterocycles. The number of rotatable bonds is 5. The summed E-state index contributed by atoms with van der Waals surface area (Å²) < 4.78 is 5.12. The van der Waals surface area contributed by atoms with E-state index in [0.717, 1.165) is 11.3 Å². The van der Waals surface area contributed by atoms with Crippen LogP contribution in [0.4, 0.5) is 5.69 Å².